The van der Waals surface area contributed by atoms with E-state index in [4.69, 9.17) is 4.74 Å². The van der Waals surface area contributed by atoms with Gasteiger partial charge in [0.05, 0.1) is 13.0 Å². The van der Waals surface area contributed by atoms with Gasteiger partial charge in [-0.3, -0.25) is 4.79 Å². The van der Waals surface area contributed by atoms with E-state index in [-0.39, 0.29) is 17.8 Å². The molecule has 2 heterocycles. The van der Waals surface area contributed by atoms with Crippen molar-refractivity contribution in [1.82, 2.24) is 4.90 Å². The number of piperidine rings is 1. The molecule has 130 valence electrons. The average molecular weight is 339 g/mol. The summed E-state index contributed by atoms with van der Waals surface area (Å²) in [6, 6.07) is 13.1. The van der Waals surface area contributed by atoms with Crippen molar-refractivity contribution >= 4 is 5.91 Å². The summed E-state index contributed by atoms with van der Waals surface area (Å²) in [4.78, 5) is 14.6. The van der Waals surface area contributed by atoms with Crippen LogP contribution in [-0.2, 0) is 11.2 Å². The lowest BCUT2D eigenvalue weighted by Crippen LogP contribution is -2.45. The third-order valence-electron chi connectivity index (χ3n) is 5.22. The predicted molar refractivity (Wildman–Crippen MR) is 95.0 cm³/mol. The van der Waals surface area contributed by atoms with E-state index < -0.39 is 0 Å². The van der Waals surface area contributed by atoms with Gasteiger partial charge in [-0.1, -0.05) is 24.3 Å². The Morgan fingerprint density at radius 3 is 2.92 bits per heavy atom. The number of ether oxygens (including phenoxy) is 1. The largest absolute Gasteiger partial charge is 0.492 e. The number of hydrogen-bond donors (Lipinski definition) is 0. The van der Waals surface area contributed by atoms with E-state index in [0.717, 1.165) is 42.7 Å². The smallest absolute Gasteiger partial charge is 0.226 e. The van der Waals surface area contributed by atoms with Crippen LogP contribution in [0.25, 0.3) is 11.1 Å². The number of carbonyl (C=O) groups excluding carboxylic acids is 1. The molecule has 4 rings (SSSR count). The highest BCUT2D eigenvalue weighted by Gasteiger charge is 2.28. The number of amides is 1. The third-order valence-corrected chi connectivity index (χ3v) is 5.22. The molecule has 1 amide bonds. The van der Waals surface area contributed by atoms with Crippen molar-refractivity contribution in [2.24, 2.45) is 0 Å². The Kier molecular flexibility index (Phi) is 4.43. The van der Waals surface area contributed by atoms with Crippen LogP contribution >= 0.6 is 0 Å². The molecule has 2 bridgehead atoms. The molecule has 0 radical (unpaired) electrons. The molecule has 0 unspecified atom stereocenters. The zero-order chi connectivity index (χ0) is 17.2. The SMILES string of the molecule is O=C1CCOc2ccccc2-c2ccc(F)c(c2)C[C@H]2CCCCN12. The van der Waals surface area contributed by atoms with Gasteiger partial charge in [0.2, 0.25) is 5.91 Å². The van der Waals surface area contributed by atoms with E-state index in [0.29, 0.717) is 25.0 Å². The van der Waals surface area contributed by atoms with Gasteiger partial charge in [0.15, 0.2) is 0 Å². The van der Waals surface area contributed by atoms with E-state index in [1.54, 1.807) is 6.07 Å². The van der Waals surface area contributed by atoms with Gasteiger partial charge < -0.3 is 9.64 Å². The van der Waals surface area contributed by atoms with Gasteiger partial charge in [0.1, 0.15) is 11.6 Å². The Morgan fingerprint density at radius 1 is 1.12 bits per heavy atom. The first-order valence-electron chi connectivity index (χ1n) is 9.02. The topological polar surface area (TPSA) is 29.5 Å². The zero-order valence-electron chi connectivity index (χ0n) is 14.2. The number of carbonyl (C=O) groups is 1. The summed E-state index contributed by atoms with van der Waals surface area (Å²) >= 11 is 0. The minimum atomic E-state index is -0.197. The number of nitrogens with zero attached hydrogens (tertiary/aromatic N) is 1. The highest BCUT2D eigenvalue weighted by atomic mass is 19.1. The van der Waals surface area contributed by atoms with Crippen molar-refractivity contribution in [3.8, 4) is 16.9 Å². The molecule has 0 aromatic heterocycles. The summed E-state index contributed by atoms with van der Waals surface area (Å²) in [7, 11) is 0. The first-order valence-corrected chi connectivity index (χ1v) is 9.02. The third kappa shape index (κ3) is 3.26. The molecule has 2 aromatic rings. The van der Waals surface area contributed by atoms with Crippen LogP contribution in [0.1, 0.15) is 31.2 Å². The van der Waals surface area contributed by atoms with Crippen molar-refractivity contribution in [2.75, 3.05) is 13.2 Å². The van der Waals surface area contributed by atoms with Crippen LogP contribution in [0.5, 0.6) is 5.75 Å². The van der Waals surface area contributed by atoms with Crippen LogP contribution in [0.2, 0.25) is 0 Å². The molecule has 2 aliphatic heterocycles. The van der Waals surface area contributed by atoms with Crippen LogP contribution in [0.15, 0.2) is 42.5 Å². The van der Waals surface area contributed by atoms with Crippen LogP contribution in [0.4, 0.5) is 4.39 Å². The molecule has 25 heavy (non-hydrogen) atoms. The average Bonchev–Trinajstić information content (AvgIpc) is 2.63. The Labute approximate surface area is 147 Å². The fourth-order valence-corrected chi connectivity index (χ4v) is 3.92. The lowest BCUT2D eigenvalue weighted by atomic mass is 9.93. The van der Waals surface area contributed by atoms with Crippen LogP contribution < -0.4 is 4.74 Å². The predicted octanol–water partition coefficient (Wildman–Crippen LogP) is 4.20. The van der Waals surface area contributed by atoms with Gasteiger partial charge in [-0.15, -0.1) is 0 Å². The summed E-state index contributed by atoms with van der Waals surface area (Å²) in [6.07, 6.45) is 3.99. The van der Waals surface area contributed by atoms with E-state index >= 15 is 0 Å². The highest BCUT2D eigenvalue weighted by molar-refractivity contribution is 5.77. The highest BCUT2D eigenvalue weighted by Crippen LogP contribution is 2.33. The van der Waals surface area contributed by atoms with E-state index in [9.17, 15) is 9.18 Å². The van der Waals surface area contributed by atoms with Crippen molar-refractivity contribution in [2.45, 2.75) is 38.1 Å². The molecule has 1 fully saturated rings. The quantitative estimate of drug-likeness (QED) is 0.720. The van der Waals surface area contributed by atoms with Crippen molar-refractivity contribution in [1.29, 1.82) is 0 Å². The number of hydrogen-bond acceptors (Lipinski definition) is 2. The Hall–Kier alpha value is -2.36. The summed E-state index contributed by atoms with van der Waals surface area (Å²) in [6.45, 7) is 1.13. The monoisotopic (exact) mass is 339 g/mol. The second-order valence-corrected chi connectivity index (χ2v) is 6.84. The van der Waals surface area contributed by atoms with Gasteiger partial charge in [-0.05, 0) is 55.0 Å². The molecule has 2 aromatic carbocycles. The number of rotatable bonds is 0. The minimum Gasteiger partial charge on any atom is -0.492 e. The van der Waals surface area contributed by atoms with Crippen LogP contribution in [-0.4, -0.2) is 30.0 Å². The first kappa shape index (κ1) is 16.1. The summed E-state index contributed by atoms with van der Waals surface area (Å²) in [5.41, 5.74) is 2.58. The molecule has 1 saturated heterocycles. The normalized spacial score (nSPS) is 20.6. The van der Waals surface area contributed by atoms with E-state index in [1.165, 1.54) is 6.07 Å². The second-order valence-electron chi connectivity index (χ2n) is 6.84. The molecule has 1 atom stereocenters. The Bertz CT molecular complexity index is 789. The molecular weight excluding hydrogens is 317 g/mol. The maximum Gasteiger partial charge on any atom is 0.226 e. The zero-order valence-corrected chi connectivity index (χ0v) is 14.2. The van der Waals surface area contributed by atoms with Gasteiger partial charge in [-0.25, -0.2) is 4.39 Å². The Balaban J connectivity index is 1.78. The van der Waals surface area contributed by atoms with E-state index in [2.05, 4.69) is 0 Å². The van der Waals surface area contributed by atoms with Crippen molar-refractivity contribution in [3.63, 3.8) is 0 Å². The standard InChI is InChI=1S/C21H22FNO2/c22-19-9-8-15-13-16(19)14-17-5-3-4-11-23(17)21(24)10-12-25-20-7-2-1-6-18(15)20/h1-2,6-9,13,17H,3-5,10-12,14H2/t17-/m1/s1. The van der Waals surface area contributed by atoms with Gasteiger partial charge in [0, 0.05) is 18.2 Å². The number of halogens is 1. The molecule has 4 heteroatoms. The van der Waals surface area contributed by atoms with Gasteiger partial charge >= 0.3 is 0 Å². The lowest BCUT2D eigenvalue weighted by Gasteiger charge is -2.36. The van der Waals surface area contributed by atoms with Gasteiger partial charge in [-0.2, -0.15) is 0 Å². The van der Waals surface area contributed by atoms with E-state index in [1.807, 2.05) is 35.2 Å². The molecule has 0 N–H and O–H groups in total. The van der Waals surface area contributed by atoms with Crippen LogP contribution in [0, 0.1) is 5.82 Å². The van der Waals surface area contributed by atoms with Gasteiger partial charge in [0.25, 0.3) is 0 Å². The second kappa shape index (κ2) is 6.87. The first-order chi connectivity index (χ1) is 12.2. The molecule has 3 nitrogen and oxygen atoms in total. The van der Waals surface area contributed by atoms with Crippen LogP contribution in [0.3, 0.4) is 0 Å². The lowest BCUT2D eigenvalue weighted by molar-refractivity contribution is -0.135. The Morgan fingerprint density at radius 2 is 2.00 bits per heavy atom. The minimum absolute atomic E-state index is 0.0840. The molecule has 0 spiro atoms. The van der Waals surface area contributed by atoms with Crippen molar-refractivity contribution < 1.29 is 13.9 Å². The maximum atomic E-state index is 14.4. The number of fused-ring (bicyclic) bond motifs is 5. The summed E-state index contributed by atoms with van der Waals surface area (Å²) in [5, 5.41) is 0. The number of benzene rings is 2. The van der Waals surface area contributed by atoms with Crippen molar-refractivity contribution in [3.05, 3.63) is 53.8 Å². The fraction of sp³-hybridized carbons (Fsp3) is 0.381. The summed E-state index contributed by atoms with van der Waals surface area (Å²) in [5.74, 6) is 0.653. The maximum absolute atomic E-state index is 14.4. The molecule has 0 saturated carbocycles. The summed E-state index contributed by atoms with van der Waals surface area (Å²) < 4.78 is 20.3. The molecule has 2 aliphatic rings. The molecular formula is C21H22FNO2. The number of para-hydroxylation sites is 1. The fourth-order valence-electron chi connectivity index (χ4n) is 3.92. The molecule has 0 aliphatic carbocycles.